The molecule has 0 bridgehead atoms. The molecule has 0 spiro atoms. The van der Waals surface area contributed by atoms with Gasteiger partial charge in [0.05, 0.1) is 12.6 Å². The molecule has 0 radical (unpaired) electrons. The van der Waals surface area contributed by atoms with Gasteiger partial charge in [0.1, 0.15) is 5.75 Å². The molecule has 2 aromatic rings. The predicted octanol–water partition coefficient (Wildman–Crippen LogP) is 2.95. The predicted molar refractivity (Wildman–Crippen MR) is 76.2 cm³/mol. The highest BCUT2D eigenvalue weighted by atomic mass is 16.5. The summed E-state index contributed by atoms with van der Waals surface area (Å²) in [4.78, 5) is 0. The highest BCUT2D eigenvalue weighted by molar-refractivity contribution is 5.85. The van der Waals surface area contributed by atoms with Crippen LogP contribution in [0.5, 0.6) is 5.75 Å². The number of benzene rings is 1. The molecule has 98 valence electrons. The summed E-state index contributed by atoms with van der Waals surface area (Å²) in [5.74, 6) is 0.914. The van der Waals surface area contributed by atoms with Crippen LogP contribution in [0.3, 0.4) is 0 Å². The molecule has 2 N–H and O–H groups in total. The average Bonchev–Trinajstić information content (AvgIpc) is 2.74. The van der Waals surface area contributed by atoms with Gasteiger partial charge < -0.3 is 15.0 Å². The minimum Gasteiger partial charge on any atom is -0.497 e. The van der Waals surface area contributed by atoms with E-state index in [1.807, 2.05) is 6.07 Å². The monoisotopic (exact) mass is 246 g/mol. The number of nitrogens with zero attached hydrogens (tertiary/aromatic N) is 1. The first kappa shape index (κ1) is 13.0. The maximum atomic E-state index is 5.60. The number of hydrogen-bond acceptors (Lipinski definition) is 2. The van der Waals surface area contributed by atoms with Crippen LogP contribution < -0.4 is 10.5 Å². The highest BCUT2D eigenvalue weighted by Crippen LogP contribution is 2.26. The van der Waals surface area contributed by atoms with Crippen LogP contribution in [-0.2, 0) is 13.0 Å². The van der Waals surface area contributed by atoms with Crippen LogP contribution >= 0.6 is 0 Å². The number of fused-ring (bicyclic) bond motifs is 1. The SMILES string of the molecule is CCCc1cn(CCCN)c2cc(OC)ccc12. The number of hydrogen-bond donors (Lipinski definition) is 1. The van der Waals surface area contributed by atoms with Gasteiger partial charge in [0.25, 0.3) is 0 Å². The van der Waals surface area contributed by atoms with Crippen molar-refractivity contribution in [2.45, 2.75) is 32.7 Å². The summed E-state index contributed by atoms with van der Waals surface area (Å²) in [5, 5.41) is 1.34. The summed E-state index contributed by atoms with van der Waals surface area (Å²) in [5.41, 5.74) is 8.28. The van der Waals surface area contributed by atoms with Crippen LogP contribution in [0.2, 0.25) is 0 Å². The zero-order valence-electron chi connectivity index (χ0n) is 11.3. The van der Waals surface area contributed by atoms with Gasteiger partial charge in [0.2, 0.25) is 0 Å². The second kappa shape index (κ2) is 5.91. The Hall–Kier alpha value is -1.48. The minimum absolute atomic E-state index is 0.729. The standard InChI is InChI=1S/C15H22N2O/c1-3-5-12-11-17(9-4-8-16)15-10-13(18-2)6-7-14(12)15/h6-7,10-11H,3-5,8-9,16H2,1-2H3. The van der Waals surface area contributed by atoms with Crippen LogP contribution in [0.1, 0.15) is 25.3 Å². The lowest BCUT2D eigenvalue weighted by molar-refractivity contribution is 0.415. The van der Waals surface area contributed by atoms with Gasteiger partial charge in [-0.05, 0) is 37.1 Å². The first-order chi connectivity index (χ1) is 8.80. The summed E-state index contributed by atoms with van der Waals surface area (Å²) >= 11 is 0. The fraction of sp³-hybridized carbons (Fsp3) is 0.467. The normalized spacial score (nSPS) is 11.1. The van der Waals surface area contributed by atoms with Gasteiger partial charge >= 0.3 is 0 Å². The summed E-state index contributed by atoms with van der Waals surface area (Å²) < 4.78 is 7.61. The molecule has 0 atom stereocenters. The molecule has 0 aliphatic heterocycles. The van der Waals surface area contributed by atoms with Gasteiger partial charge in [-0.15, -0.1) is 0 Å². The zero-order chi connectivity index (χ0) is 13.0. The van der Waals surface area contributed by atoms with Crippen LogP contribution in [0.4, 0.5) is 0 Å². The summed E-state index contributed by atoms with van der Waals surface area (Å²) in [6.45, 7) is 3.92. The van der Waals surface area contributed by atoms with E-state index in [0.717, 1.165) is 31.7 Å². The molecule has 0 aliphatic rings. The first-order valence-electron chi connectivity index (χ1n) is 6.66. The number of aryl methyl sites for hydroxylation is 2. The molecule has 2 rings (SSSR count). The molecule has 0 saturated carbocycles. The van der Waals surface area contributed by atoms with Gasteiger partial charge in [0, 0.05) is 24.2 Å². The number of methoxy groups -OCH3 is 1. The van der Waals surface area contributed by atoms with E-state index < -0.39 is 0 Å². The summed E-state index contributed by atoms with van der Waals surface area (Å²) in [7, 11) is 1.71. The number of nitrogens with two attached hydrogens (primary N) is 1. The van der Waals surface area contributed by atoms with E-state index in [2.05, 4.69) is 29.8 Å². The van der Waals surface area contributed by atoms with E-state index in [0.29, 0.717) is 0 Å². The second-order valence-corrected chi connectivity index (χ2v) is 4.62. The largest absolute Gasteiger partial charge is 0.497 e. The van der Waals surface area contributed by atoms with Crippen molar-refractivity contribution in [3.8, 4) is 5.75 Å². The van der Waals surface area contributed by atoms with Crippen LogP contribution in [-0.4, -0.2) is 18.2 Å². The molecule has 3 nitrogen and oxygen atoms in total. The maximum absolute atomic E-state index is 5.60. The van der Waals surface area contributed by atoms with Crippen LogP contribution in [0.15, 0.2) is 24.4 Å². The molecule has 3 heteroatoms. The molecular weight excluding hydrogens is 224 g/mol. The van der Waals surface area contributed by atoms with Crippen LogP contribution in [0.25, 0.3) is 10.9 Å². The Morgan fingerprint density at radius 2 is 2.17 bits per heavy atom. The Kier molecular flexibility index (Phi) is 4.26. The van der Waals surface area contributed by atoms with Crippen molar-refractivity contribution in [2.75, 3.05) is 13.7 Å². The van der Waals surface area contributed by atoms with E-state index in [-0.39, 0.29) is 0 Å². The van der Waals surface area contributed by atoms with Crippen molar-refractivity contribution in [2.24, 2.45) is 5.73 Å². The van der Waals surface area contributed by atoms with Gasteiger partial charge in [-0.2, -0.15) is 0 Å². The molecule has 0 saturated heterocycles. The van der Waals surface area contributed by atoms with Gasteiger partial charge in [-0.25, -0.2) is 0 Å². The third-order valence-corrected chi connectivity index (χ3v) is 3.29. The number of rotatable bonds is 6. The van der Waals surface area contributed by atoms with Crippen molar-refractivity contribution >= 4 is 10.9 Å². The quantitative estimate of drug-likeness (QED) is 0.851. The summed E-state index contributed by atoms with van der Waals surface area (Å²) in [6.07, 6.45) is 5.57. The van der Waals surface area contributed by atoms with Gasteiger partial charge in [-0.3, -0.25) is 0 Å². The van der Waals surface area contributed by atoms with Crippen molar-refractivity contribution in [1.29, 1.82) is 0 Å². The van der Waals surface area contributed by atoms with Gasteiger partial charge in [0.15, 0.2) is 0 Å². The minimum atomic E-state index is 0.729. The van der Waals surface area contributed by atoms with E-state index in [1.165, 1.54) is 22.9 Å². The van der Waals surface area contributed by atoms with Crippen molar-refractivity contribution in [3.63, 3.8) is 0 Å². The van der Waals surface area contributed by atoms with Gasteiger partial charge in [-0.1, -0.05) is 13.3 Å². The summed E-state index contributed by atoms with van der Waals surface area (Å²) in [6, 6.07) is 6.32. The Morgan fingerprint density at radius 3 is 2.83 bits per heavy atom. The highest BCUT2D eigenvalue weighted by Gasteiger charge is 2.08. The van der Waals surface area contributed by atoms with Crippen LogP contribution in [0, 0.1) is 0 Å². The maximum Gasteiger partial charge on any atom is 0.120 e. The first-order valence-corrected chi connectivity index (χ1v) is 6.66. The Balaban J connectivity index is 2.46. The molecule has 1 aromatic heterocycles. The lowest BCUT2D eigenvalue weighted by atomic mass is 10.1. The molecule has 1 heterocycles. The Morgan fingerprint density at radius 1 is 1.33 bits per heavy atom. The molecule has 0 aliphatic carbocycles. The second-order valence-electron chi connectivity index (χ2n) is 4.62. The fourth-order valence-corrected chi connectivity index (χ4v) is 2.39. The Bertz CT molecular complexity index is 516. The zero-order valence-corrected chi connectivity index (χ0v) is 11.3. The smallest absolute Gasteiger partial charge is 0.120 e. The van der Waals surface area contributed by atoms with Crippen molar-refractivity contribution < 1.29 is 4.74 Å². The molecule has 18 heavy (non-hydrogen) atoms. The molecule has 1 aromatic carbocycles. The van der Waals surface area contributed by atoms with Crippen molar-refractivity contribution in [3.05, 3.63) is 30.0 Å². The average molecular weight is 246 g/mol. The van der Waals surface area contributed by atoms with E-state index in [9.17, 15) is 0 Å². The third kappa shape index (κ3) is 2.51. The lowest BCUT2D eigenvalue weighted by Gasteiger charge is -2.05. The van der Waals surface area contributed by atoms with E-state index >= 15 is 0 Å². The molecule has 0 fully saturated rings. The lowest BCUT2D eigenvalue weighted by Crippen LogP contribution is -2.04. The Labute approximate surface area is 109 Å². The van der Waals surface area contributed by atoms with E-state index in [4.69, 9.17) is 10.5 Å². The third-order valence-electron chi connectivity index (χ3n) is 3.29. The number of ether oxygens (including phenoxy) is 1. The molecule has 0 amide bonds. The molecule has 0 unspecified atom stereocenters. The molecular formula is C15H22N2O. The fourth-order valence-electron chi connectivity index (χ4n) is 2.39. The van der Waals surface area contributed by atoms with E-state index in [1.54, 1.807) is 7.11 Å². The topological polar surface area (TPSA) is 40.2 Å². The number of aromatic nitrogens is 1. The van der Waals surface area contributed by atoms with Crippen molar-refractivity contribution in [1.82, 2.24) is 4.57 Å².